The molecule has 14 heteroatoms. The third kappa shape index (κ3) is 5.43. The van der Waals surface area contributed by atoms with Crippen molar-refractivity contribution in [3.05, 3.63) is 30.5 Å². The molecule has 37 heavy (non-hydrogen) atoms. The molecule has 4 N–H and O–H groups in total. The Morgan fingerprint density at radius 1 is 1.38 bits per heavy atom. The SMILES string of the molecule is COc1nc(N[C@H]2CCN(C(=O)CO)C[C@H]2F)nn2ccc(-c3ccc(N=N)c(N[C@H](C)C(F)F)c3)c12. The molecule has 3 aromatic rings. The van der Waals surface area contributed by atoms with Crippen molar-refractivity contribution in [3.63, 3.8) is 0 Å². The number of benzene rings is 1. The van der Waals surface area contributed by atoms with Gasteiger partial charge < -0.3 is 25.4 Å². The number of nitrogens with zero attached hydrogens (tertiary/aromatic N) is 5. The molecule has 0 aliphatic carbocycles. The molecule has 1 aliphatic heterocycles. The molecule has 4 rings (SSSR count). The number of hydrogen-bond acceptors (Lipinski definition) is 9. The van der Waals surface area contributed by atoms with Gasteiger partial charge in [-0.25, -0.2) is 23.2 Å². The summed E-state index contributed by atoms with van der Waals surface area (Å²) in [4.78, 5) is 17.3. The third-order valence-electron chi connectivity index (χ3n) is 6.21. The highest BCUT2D eigenvalue weighted by Gasteiger charge is 2.32. The zero-order chi connectivity index (χ0) is 26.7. The maximum Gasteiger partial charge on any atom is 0.258 e. The number of rotatable bonds is 9. The second kappa shape index (κ2) is 11.0. The lowest BCUT2D eigenvalue weighted by molar-refractivity contribution is -0.136. The number of halogens is 3. The first kappa shape index (κ1) is 26.1. The molecule has 1 fully saturated rings. The van der Waals surface area contributed by atoms with Gasteiger partial charge in [-0.05, 0) is 37.1 Å². The standard InChI is InChI=1S/C23H27F3N8O3/c1-12(21(25)26)28-18-9-13(3-4-17(18)31-27)14-5-8-34-20(14)22(37-2)30-23(32-34)29-16-6-7-33(10-15(16)24)19(36)11-35/h3-5,8-9,12,15-16,21,27-28,35H,6-7,10-11H2,1-2H3,(H,29,32)/t12-,15-,16+/m1/s1. The summed E-state index contributed by atoms with van der Waals surface area (Å²) in [5.74, 6) is -0.199. The van der Waals surface area contributed by atoms with E-state index in [0.29, 0.717) is 23.1 Å². The molecule has 0 bridgehead atoms. The normalized spacial score (nSPS) is 18.6. The Hall–Kier alpha value is -3.94. The van der Waals surface area contributed by atoms with Crippen molar-refractivity contribution in [2.75, 3.05) is 37.4 Å². The van der Waals surface area contributed by atoms with Gasteiger partial charge in [0.25, 0.3) is 6.43 Å². The molecule has 3 heterocycles. The number of alkyl halides is 3. The number of nitrogens with one attached hydrogen (secondary N) is 3. The van der Waals surface area contributed by atoms with Gasteiger partial charge in [-0.1, -0.05) is 6.07 Å². The number of aromatic nitrogens is 3. The average Bonchev–Trinajstić information content (AvgIpc) is 3.32. The van der Waals surface area contributed by atoms with Gasteiger partial charge in [-0.2, -0.15) is 10.1 Å². The van der Waals surface area contributed by atoms with Crippen LogP contribution in [0.25, 0.3) is 16.6 Å². The van der Waals surface area contributed by atoms with Crippen LogP contribution in [0.1, 0.15) is 13.3 Å². The van der Waals surface area contributed by atoms with Crippen molar-refractivity contribution >= 4 is 28.7 Å². The number of piperidine rings is 1. The number of carbonyl (C=O) groups excluding carboxylic acids is 1. The second-order valence-electron chi connectivity index (χ2n) is 8.63. The van der Waals surface area contributed by atoms with Crippen LogP contribution in [0.4, 0.5) is 30.5 Å². The minimum Gasteiger partial charge on any atom is -0.479 e. The van der Waals surface area contributed by atoms with Crippen LogP contribution in [0, 0.1) is 5.53 Å². The van der Waals surface area contributed by atoms with E-state index in [1.165, 1.54) is 23.4 Å². The molecule has 3 atom stereocenters. The van der Waals surface area contributed by atoms with E-state index in [9.17, 15) is 18.0 Å². The zero-order valence-corrected chi connectivity index (χ0v) is 20.2. The molecule has 1 saturated heterocycles. The Morgan fingerprint density at radius 2 is 2.16 bits per heavy atom. The highest BCUT2D eigenvalue weighted by atomic mass is 19.3. The van der Waals surface area contributed by atoms with E-state index in [0.717, 1.165) is 0 Å². The summed E-state index contributed by atoms with van der Waals surface area (Å²) in [5.41, 5.74) is 9.61. The lowest BCUT2D eigenvalue weighted by atomic mass is 10.0. The molecule has 0 radical (unpaired) electrons. The monoisotopic (exact) mass is 520 g/mol. The first-order chi connectivity index (χ1) is 17.7. The molecule has 0 unspecified atom stereocenters. The van der Waals surface area contributed by atoms with Crippen LogP contribution in [-0.4, -0.2) is 82.0 Å². The number of methoxy groups -OCH3 is 1. The van der Waals surface area contributed by atoms with E-state index < -0.39 is 37.2 Å². The number of carbonyl (C=O) groups is 1. The predicted octanol–water partition coefficient (Wildman–Crippen LogP) is 3.48. The summed E-state index contributed by atoms with van der Waals surface area (Å²) in [6, 6.07) is 4.81. The smallest absolute Gasteiger partial charge is 0.258 e. The van der Waals surface area contributed by atoms with Crippen LogP contribution in [0.15, 0.2) is 35.6 Å². The molecule has 198 valence electrons. The fraction of sp³-hybridized carbons (Fsp3) is 0.435. The van der Waals surface area contributed by atoms with E-state index in [4.69, 9.17) is 15.4 Å². The van der Waals surface area contributed by atoms with Gasteiger partial charge in [-0.15, -0.1) is 5.10 Å². The maximum atomic E-state index is 14.7. The summed E-state index contributed by atoms with van der Waals surface area (Å²) < 4.78 is 47.9. The fourth-order valence-electron chi connectivity index (χ4n) is 4.21. The van der Waals surface area contributed by atoms with E-state index in [-0.39, 0.29) is 36.3 Å². The summed E-state index contributed by atoms with van der Waals surface area (Å²) in [6.45, 7) is 0.804. The van der Waals surface area contributed by atoms with Gasteiger partial charge >= 0.3 is 0 Å². The largest absolute Gasteiger partial charge is 0.479 e. The van der Waals surface area contributed by atoms with Gasteiger partial charge in [0.05, 0.1) is 31.4 Å². The Kier molecular flexibility index (Phi) is 7.76. The molecule has 1 amide bonds. The molecule has 1 aliphatic rings. The highest BCUT2D eigenvalue weighted by molar-refractivity contribution is 5.87. The van der Waals surface area contributed by atoms with Crippen molar-refractivity contribution in [1.29, 1.82) is 5.53 Å². The van der Waals surface area contributed by atoms with E-state index >= 15 is 0 Å². The number of fused-ring (bicyclic) bond motifs is 1. The number of anilines is 2. The lowest BCUT2D eigenvalue weighted by Gasteiger charge is -2.34. The maximum absolute atomic E-state index is 14.7. The van der Waals surface area contributed by atoms with Crippen molar-refractivity contribution in [3.8, 4) is 17.0 Å². The predicted molar refractivity (Wildman–Crippen MR) is 129 cm³/mol. The molecular weight excluding hydrogens is 493 g/mol. The Balaban J connectivity index is 1.62. The molecular formula is C23H27F3N8O3. The van der Waals surface area contributed by atoms with Crippen LogP contribution in [0.2, 0.25) is 0 Å². The zero-order valence-electron chi connectivity index (χ0n) is 20.2. The average molecular weight is 521 g/mol. The number of aliphatic hydroxyl groups is 1. The van der Waals surface area contributed by atoms with E-state index in [2.05, 4.69) is 25.8 Å². The Morgan fingerprint density at radius 3 is 2.81 bits per heavy atom. The summed E-state index contributed by atoms with van der Waals surface area (Å²) in [6.07, 6.45) is -2.04. The molecule has 11 nitrogen and oxygen atoms in total. The molecule has 0 saturated carbocycles. The minimum atomic E-state index is -2.61. The van der Waals surface area contributed by atoms with Gasteiger partial charge in [-0.3, -0.25) is 4.79 Å². The Bertz CT molecular complexity index is 1290. The third-order valence-corrected chi connectivity index (χ3v) is 6.21. The van der Waals surface area contributed by atoms with Crippen LogP contribution in [0.3, 0.4) is 0 Å². The van der Waals surface area contributed by atoms with Crippen molar-refractivity contribution in [1.82, 2.24) is 19.5 Å². The van der Waals surface area contributed by atoms with Gasteiger partial charge in [0.15, 0.2) is 0 Å². The van der Waals surface area contributed by atoms with Gasteiger partial charge in [0.1, 0.15) is 24.0 Å². The van der Waals surface area contributed by atoms with E-state index in [1.54, 1.807) is 30.5 Å². The summed E-state index contributed by atoms with van der Waals surface area (Å²) in [5, 5.41) is 22.5. The number of amides is 1. The number of aliphatic hydroxyl groups excluding tert-OH is 1. The summed E-state index contributed by atoms with van der Waals surface area (Å²) >= 11 is 0. The molecule has 2 aromatic heterocycles. The first-order valence-corrected chi connectivity index (χ1v) is 11.5. The van der Waals surface area contributed by atoms with Crippen molar-refractivity contribution in [2.45, 2.75) is 38.0 Å². The molecule has 0 spiro atoms. The van der Waals surface area contributed by atoms with Crippen LogP contribution in [-0.2, 0) is 4.79 Å². The Labute approximate surface area is 210 Å². The van der Waals surface area contributed by atoms with Crippen LogP contribution < -0.4 is 15.4 Å². The first-order valence-electron chi connectivity index (χ1n) is 11.5. The van der Waals surface area contributed by atoms with E-state index in [1.807, 2.05) is 0 Å². The van der Waals surface area contributed by atoms with Crippen LogP contribution in [0.5, 0.6) is 5.88 Å². The topological polar surface area (TPSA) is 140 Å². The van der Waals surface area contributed by atoms with Crippen molar-refractivity contribution < 1.29 is 27.8 Å². The lowest BCUT2D eigenvalue weighted by Crippen LogP contribution is -2.50. The fourth-order valence-corrected chi connectivity index (χ4v) is 4.21. The number of ether oxygens (including phenoxy) is 1. The summed E-state index contributed by atoms with van der Waals surface area (Å²) in [7, 11) is 1.43. The molecule has 1 aromatic carbocycles. The van der Waals surface area contributed by atoms with Gasteiger partial charge in [0.2, 0.25) is 17.7 Å². The number of likely N-dealkylation sites (tertiary alicyclic amines) is 1. The quantitative estimate of drug-likeness (QED) is 0.317. The van der Waals surface area contributed by atoms with Gasteiger partial charge in [0, 0.05) is 18.3 Å². The second-order valence-corrected chi connectivity index (χ2v) is 8.63. The number of hydrogen-bond donors (Lipinski definition) is 4. The highest BCUT2D eigenvalue weighted by Crippen LogP contribution is 2.36. The van der Waals surface area contributed by atoms with Crippen molar-refractivity contribution in [2.24, 2.45) is 5.11 Å². The van der Waals surface area contributed by atoms with Crippen LogP contribution >= 0.6 is 0 Å². The minimum absolute atomic E-state index is 0.123.